The van der Waals surface area contributed by atoms with E-state index in [1.165, 1.54) is 18.3 Å². The number of non-ortho nitro benzene ring substituents is 1. The van der Waals surface area contributed by atoms with Gasteiger partial charge in [0.25, 0.3) is 5.69 Å². The zero-order chi connectivity index (χ0) is 15.1. The van der Waals surface area contributed by atoms with Gasteiger partial charge in [0.05, 0.1) is 17.2 Å². The second-order valence-electron chi connectivity index (χ2n) is 4.57. The summed E-state index contributed by atoms with van der Waals surface area (Å²) < 4.78 is 5.46. The van der Waals surface area contributed by atoms with Gasteiger partial charge in [0.1, 0.15) is 0 Å². The molecule has 112 valence electrons. The third-order valence-corrected chi connectivity index (χ3v) is 3.21. The Morgan fingerprint density at radius 3 is 3.19 bits per heavy atom. The zero-order valence-corrected chi connectivity index (χ0v) is 12.1. The molecule has 1 fully saturated rings. The third-order valence-electron chi connectivity index (χ3n) is 2.98. The van der Waals surface area contributed by atoms with Crippen LogP contribution < -0.4 is 10.7 Å². The predicted octanol–water partition coefficient (Wildman–Crippen LogP) is 1.57. The lowest BCUT2D eigenvalue weighted by atomic mass is 10.2. The van der Waals surface area contributed by atoms with Crippen LogP contribution in [0.3, 0.4) is 0 Å². The lowest BCUT2D eigenvalue weighted by Crippen LogP contribution is -2.37. The Balaban J connectivity index is 1.77. The first-order valence-corrected chi connectivity index (χ1v) is 6.99. The van der Waals surface area contributed by atoms with Crippen molar-refractivity contribution in [2.75, 3.05) is 13.2 Å². The molecule has 1 aromatic carbocycles. The van der Waals surface area contributed by atoms with Crippen molar-refractivity contribution in [3.05, 3.63) is 39.9 Å². The maximum Gasteiger partial charge on any atom is 0.270 e. The van der Waals surface area contributed by atoms with Crippen LogP contribution in [-0.4, -0.2) is 35.5 Å². The minimum Gasteiger partial charge on any atom is -0.376 e. The molecule has 2 rings (SSSR count). The average Bonchev–Trinajstić information content (AvgIpc) is 2.99. The molecular formula is C13H16N4O3S. The number of ether oxygens (including phenoxy) is 1. The molecule has 0 spiro atoms. The van der Waals surface area contributed by atoms with Crippen molar-refractivity contribution in [1.29, 1.82) is 0 Å². The lowest BCUT2D eigenvalue weighted by molar-refractivity contribution is -0.384. The van der Waals surface area contributed by atoms with E-state index in [1.807, 2.05) is 0 Å². The van der Waals surface area contributed by atoms with E-state index >= 15 is 0 Å². The van der Waals surface area contributed by atoms with Crippen molar-refractivity contribution in [1.82, 2.24) is 10.7 Å². The molecule has 7 nitrogen and oxygen atoms in total. The Morgan fingerprint density at radius 1 is 1.62 bits per heavy atom. The number of rotatable bonds is 5. The van der Waals surface area contributed by atoms with E-state index < -0.39 is 4.92 Å². The van der Waals surface area contributed by atoms with Crippen molar-refractivity contribution in [2.24, 2.45) is 5.10 Å². The molecule has 0 aliphatic carbocycles. The molecule has 0 unspecified atom stereocenters. The Hall–Kier alpha value is -2.06. The Morgan fingerprint density at radius 2 is 2.48 bits per heavy atom. The largest absolute Gasteiger partial charge is 0.376 e. The molecule has 1 heterocycles. The second-order valence-corrected chi connectivity index (χ2v) is 4.98. The van der Waals surface area contributed by atoms with Crippen molar-refractivity contribution < 1.29 is 9.66 Å². The fraction of sp³-hybridized carbons (Fsp3) is 0.385. The summed E-state index contributed by atoms with van der Waals surface area (Å²) in [5.41, 5.74) is 3.32. The Labute approximate surface area is 127 Å². The molecule has 0 bridgehead atoms. The van der Waals surface area contributed by atoms with Crippen LogP contribution in [0.2, 0.25) is 0 Å². The van der Waals surface area contributed by atoms with Gasteiger partial charge in [-0.2, -0.15) is 5.10 Å². The normalized spacial score (nSPS) is 17.8. The van der Waals surface area contributed by atoms with Gasteiger partial charge in [-0.15, -0.1) is 0 Å². The lowest BCUT2D eigenvalue weighted by Gasteiger charge is -2.11. The average molecular weight is 308 g/mol. The smallest absolute Gasteiger partial charge is 0.270 e. The summed E-state index contributed by atoms with van der Waals surface area (Å²) in [5, 5.41) is 18.0. The standard InChI is InChI=1S/C13H16N4O3S/c18-17(19)11-4-1-3-10(7-11)8-15-16-13(21)14-9-12-5-2-6-20-12/h1,3-4,7-8,12H,2,5-6,9H2,(H2,14,16,21)/b15-8-/t12-/m1/s1. The fourth-order valence-electron chi connectivity index (χ4n) is 1.94. The molecule has 1 saturated heterocycles. The van der Waals surface area contributed by atoms with E-state index in [1.54, 1.807) is 12.1 Å². The first-order valence-electron chi connectivity index (χ1n) is 6.58. The Kier molecular flexibility index (Phi) is 5.59. The van der Waals surface area contributed by atoms with Gasteiger partial charge in [0.15, 0.2) is 5.11 Å². The number of nitro benzene ring substituents is 1. The van der Waals surface area contributed by atoms with E-state index in [0.717, 1.165) is 19.4 Å². The van der Waals surface area contributed by atoms with Crippen LogP contribution in [0, 0.1) is 10.1 Å². The van der Waals surface area contributed by atoms with E-state index in [2.05, 4.69) is 15.8 Å². The number of thiocarbonyl (C=S) groups is 1. The minimum atomic E-state index is -0.446. The first-order chi connectivity index (χ1) is 10.1. The molecule has 1 aliphatic rings. The predicted molar refractivity (Wildman–Crippen MR) is 83.4 cm³/mol. The zero-order valence-electron chi connectivity index (χ0n) is 11.3. The van der Waals surface area contributed by atoms with E-state index in [-0.39, 0.29) is 11.8 Å². The molecule has 21 heavy (non-hydrogen) atoms. The van der Waals surface area contributed by atoms with Gasteiger partial charge in [-0.1, -0.05) is 12.1 Å². The Bertz CT molecular complexity index is 544. The van der Waals surface area contributed by atoms with Gasteiger partial charge in [0.2, 0.25) is 0 Å². The van der Waals surface area contributed by atoms with Crippen LogP contribution in [0.4, 0.5) is 5.69 Å². The molecule has 8 heteroatoms. The number of benzene rings is 1. The highest BCUT2D eigenvalue weighted by molar-refractivity contribution is 7.80. The van der Waals surface area contributed by atoms with Crippen LogP contribution in [0.25, 0.3) is 0 Å². The van der Waals surface area contributed by atoms with Gasteiger partial charge < -0.3 is 10.1 Å². The van der Waals surface area contributed by atoms with Crippen LogP contribution in [0.5, 0.6) is 0 Å². The highest BCUT2D eigenvalue weighted by Crippen LogP contribution is 2.11. The maximum absolute atomic E-state index is 10.6. The molecule has 1 aromatic rings. The minimum absolute atomic E-state index is 0.0260. The van der Waals surface area contributed by atoms with Crippen LogP contribution in [0.1, 0.15) is 18.4 Å². The van der Waals surface area contributed by atoms with Crippen LogP contribution in [0.15, 0.2) is 29.4 Å². The first kappa shape index (κ1) is 15.3. The van der Waals surface area contributed by atoms with Gasteiger partial charge in [0, 0.05) is 30.8 Å². The summed E-state index contributed by atoms with van der Waals surface area (Å²) >= 11 is 5.07. The molecule has 1 atom stereocenters. The summed E-state index contributed by atoms with van der Waals surface area (Å²) in [6, 6.07) is 6.20. The summed E-state index contributed by atoms with van der Waals surface area (Å²) in [7, 11) is 0. The number of nitrogens with zero attached hydrogens (tertiary/aromatic N) is 2. The number of hydrazone groups is 1. The molecule has 2 N–H and O–H groups in total. The monoisotopic (exact) mass is 308 g/mol. The summed E-state index contributed by atoms with van der Waals surface area (Å²) in [6.07, 6.45) is 3.79. The molecule has 0 saturated carbocycles. The summed E-state index contributed by atoms with van der Waals surface area (Å²) in [4.78, 5) is 10.2. The van der Waals surface area contributed by atoms with Gasteiger partial charge in [-0.3, -0.25) is 15.5 Å². The van der Waals surface area contributed by atoms with Crippen molar-refractivity contribution in [3.63, 3.8) is 0 Å². The molecule has 1 aliphatic heterocycles. The quantitative estimate of drug-likeness (QED) is 0.371. The van der Waals surface area contributed by atoms with Gasteiger partial charge in [-0.25, -0.2) is 0 Å². The van der Waals surface area contributed by atoms with E-state index in [0.29, 0.717) is 17.2 Å². The molecule has 0 amide bonds. The van der Waals surface area contributed by atoms with Crippen molar-refractivity contribution in [2.45, 2.75) is 18.9 Å². The van der Waals surface area contributed by atoms with Gasteiger partial charge in [-0.05, 0) is 25.1 Å². The van der Waals surface area contributed by atoms with E-state index in [4.69, 9.17) is 17.0 Å². The fourth-order valence-corrected chi connectivity index (χ4v) is 2.07. The van der Waals surface area contributed by atoms with Gasteiger partial charge >= 0.3 is 0 Å². The molecular weight excluding hydrogens is 292 g/mol. The highest BCUT2D eigenvalue weighted by atomic mass is 32.1. The van der Waals surface area contributed by atoms with Crippen LogP contribution in [-0.2, 0) is 4.74 Å². The number of hydrogen-bond donors (Lipinski definition) is 2. The number of nitro groups is 1. The van der Waals surface area contributed by atoms with E-state index in [9.17, 15) is 10.1 Å². The molecule has 0 radical (unpaired) electrons. The topological polar surface area (TPSA) is 88.8 Å². The highest BCUT2D eigenvalue weighted by Gasteiger charge is 2.14. The van der Waals surface area contributed by atoms with Crippen molar-refractivity contribution >= 4 is 29.2 Å². The number of nitrogens with one attached hydrogen (secondary N) is 2. The number of hydrogen-bond acceptors (Lipinski definition) is 5. The van der Waals surface area contributed by atoms with Crippen molar-refractivity contribution in [3.8, 4) is 0 Å². The van der Waals surface area contributed by atoms with Crippen LogP contribution >= 0.6 is 12.2 Å². The summed E-state index contributed by atoms with van der Waals surface area (Å²) in [5.74, 6) is 0. The third kappa shape index (κ3) is 5.09. The summed E-state index contributed by atoms with van der Waals surface area (Å²) in [6.45, 7) is 1.45. The molecule has 0 aromatic heterocycles. The second kappa shape index (κ2) is 7.65. The maximum atomic E-state index is 10.6. The SMILES string of the molecule is O=[N+]([O-])c1cccc(/C=N\NC(=S)NC[C@H]2CCCO2)c1.